The molecule has 0 bridgehead atoms. The maximum Gasteiger partial charge on any atom is 0.277 e. The number of fused-ring (bicyclic) bond motifs is 1. The minimum Gasteiger partial charge on any atom is -0.277 e. The summed E-state index contributed by atoms with van der Waals surface area (Å²) >= 11 is 0. The van der Waals surface area contributed by atoms with Crippen LogP contribution in [0.1, 0.15) is 51.7 Å². The van der Waals surface area contributed by atoms with Gasteiger partial charge in [0, 0.05) is 5.41 Å². The Balaban J connectivity index is 2.92. The molecule has 21 heavy (non-hydrogen) atoms. The lowest BCUT2D eigenvalue weighted by molar-refractivity contribution is -0.609. The Morgan fingerprint density at radius 3 is 2.33 bits per heavy atom. The maximum absolute atomic E-state index is 4.23. The summed E-state index contributed by atoms with van der Waals surface area (Å²) in [5.74, 6) is 1.22. The molecule has 0 saturated carbocycles. The van der Waals surface area contributed by atoms with Crippen molar-refractivity contribution in [2.45, 2.75) is 51.5 Å². The zero-order chi connectivity index (χ0) is 15.7. The van der Waals surface area contributed by atoms with Crippen molar-refractivity contribution in [3.05, 3.63) is 48.0 Å². The quantitative estimate of drug-likeness (QED) is 0.658. The van der Waals surface area contributed by atoms with Crippen LogP contribution in [0, 0.1) is 0 Å². The van der Waals surface area contributed by atoms with Crippen molar-refractivity contribution >= 4 is 5.84 Å². The summed E-state index contributed by atoms with van der Waals surface area (Å²) in [5.41, 5.74) is 2.78. The van der Waals surface area contributed by atoms with Gasteiger partial charge in [0.25, 0.3) is 5.84 Å². The molecule has 1 aromatic rings. The summed E-state index contributed by atoms with van der Waals surface area (Å²) < 4.78 is 2.51. The molecular weight excluding hydrogens is 256 g/mol. The van der Waals surface area contributed by atoms with Crippen LogP contribution in [0.25, 0.3) is 0 Å². The molecule has 0 saturated heterocycles. The molecule has 2 heteroatoms. The molecule has 0 aromatic heterocycles. The van der Waals surface area contributed by atoms with E-state index in [-0.39, 0.29) is 11.0 Å². The van der Waals surface area contributed by atoms with E-state index in [4.69, 9.17) is 0 Å². The number of nitrogens with one attached hydrogen (secondary N) is 1. The van der Waals surface area contributed by atoms with Crippen LogP contribution in [0.3, 0.4) is 0 Å². The Kier molecular flexibility index (Phi) is 4.27. The molecule has 1 aliphatic rings. The molecule has 1 aliphatic heterocycles. The van der Waals surface area contributed by atoms with E-state index >= 15 is 0 Å². The smallest absolute Gasteiger partial charge is 0.277 e. The Bertz CT molecular complexity index is 573. The average molecular weight is 285 g/mol. The molecule has 0 amide bonds. The van der Waals surface area contributed by atoms with Gasteiger partial charge in [-0.1, -0.05) is 45.5 Å². The van der Waals surface area contributed by atoms with Crippen LogP contribution in [0.2, 0.25) is 0 Å². The first-order valence-corrected chi connectivity index (χ1v) is 8.12. The molecule has 1 heterocycles. The van der Waals surface area contributed by atoms with Gasteiger partial charge in [-0.25, -0.2) is 0 Å². The molecule has 1 N–H and O–H groups in total. The molecule has 2 rings (SSSR count). The van der Waals surface area contributed by atoms with Gasteiger partial charge in [0.1, 0.15) is 5.54 Å². The van der Waals surface area contributed by atoms with E-state index < -0.39 is 0 Å². The van der Waals surface area contributed by atoms with Gasteiger partial charge in [0.2, 0.25) is 0 Å². The van der Waals surface area contributed by atoms with E-state index in [1.54, 1.807) is 0 Å². The number of amidine groups is 1. The molecule has 2 nitrogen and oxygen atoms in total. The van der Waals surface area contributed by atoms with Gasteiger partial charge >= 0.3 is 0 Å². The molecule has 0 aliphatic carbocycles. The first-order chi connectivity index (χ1) is 10.1. The van der Waals surface area contributed by atoms with E-state index in [9.17, 15) is 0 Å². The van der Waals surface area contributed by atoms with Crippen LogP contribution < -0.4 is 5.32 Å². The second-order valence-electron chi connectivity index (χ2n) is 6.06. The van der Waals surface area contributed by atoms with Crippen molar-refractivity contribution < 1.29 is 4.58 Å². The van der Waals surface area contributed by atoms with Crippen molar-refractivity contribution in [1.29, 1.82) is 0 Å². The van der Waals surface area contributed by atoms with E-state index in [0.717, 1.165) is 19.4 Å². The third kappa shape index (κ3) is 1.88. The molecular formula is C19H29N2+. The second kappa shape index (κ2) is 5.67. The lowest BCUT2D eigenvalue weighted by Gasteiger charge is -2.50. The van der Waals surface area contributed by atoms with Crippen molar-refractivity contribution in [2.75, 3.05) is 13.6 Å². The summed E-state index contributed by atoms with van der Waals surface area (Å²) in [7, 11) is 2.02. The Labute approximate surface area is 129 Å². The molecule has 0 fully saturated rings. The predicted octanol–water partition coefficient (Wildman–Crippen LogP) is 3.70. The highest BCUT2D eigenvalue weighted by Crippen LogP contribution is 2.47. The highest BCUT2D eigenvalue weighted by atomic mass is 15.2. The zero-order valence-electron chi connectivity index (χ0n) is 14.2. The van der Waals surface area contributed by atoms with E-state index in [2.05, 4.69) is 74.5 Å². The lowest BCUT2D eigenvalue weighted by atomic mass is 9.60. The zero-order valence-corrected chi connectivity index (χ0v) is 14.2. The van der Waals surface area contributed by atoms with Crippen molar-refractivity contribution in [2.24, 2.45) is 0 Å². The number of nitrogens with zero attached hydrogens (tertiary/aromatic N) is 1. The highest BCUT2D eigenvalue weighted by molar-refractivity contribution is 5.97. The summed E-state index contributed by atoms with van der Waals surface area (Å²) in [6, 6.07) is 8.82. The Hall–Kier alpha value is -1.57. The first-order valence-electron chi connectivity index (χ1n) is 8.12. The summed E-state index contributed by atoms with van der Waals surface area (Å²) in [4.78, 5) is 0. The van der Waals surface area contributed by atoms with Gasteiger partial charge in [-0.05, 0) is 37.5 Å². The van der Waals surface area contributed by atoms with Crippen molar-refractivity contribution in [3.63, 3.8) is 0 Å². The molecule has 0 spiro atoms. The standard InChI is InChI=1S/C19H28N2/c1-7-18(5)16-14-12-11-13-15(16)17(20-6)21(10-4)19(18,8-2)9-3/h8,11-14H,2,7,9-10H2,1,3-6H3/p+1. The summed E-state index contributed by atoms with van der Waals surface area (Å²) in [5, 5.41) is 3.44. The van der Waals surface area contributed by atoms with Crippen LogP contribution in [0.4, 0.5) is 0 Å². The maximum atomic E-state index is 4.23. The third-order valence-electron chi connectivity index (χ3n) is 5.62. The van der Waals surface area contributed by atoms with Crippen LogP contribution in [0.15, 0.2) is 36.9 Å². The molecule has 2 unspecified atom stereocenters. The van der Waals surface area contributed by atoms with Crippen molar-refractivity contribution in [3.8, 4) is 0 Å². The highest BCUT2D eigenvalue weighted by Gasteiger charge is 2.55. The third-order valence-corrected chi connectivity index (χ3v) is 5.62. The predicted molar refractivity (Wildman–Crippen MR) is 91.3 cm³/mol. The van der Waals surface area contributed by atoms with Gasteiger partial charge in [-0.15, -0.1) is 0 Å². The minimum absolute atomic E-state index is 0.0524. The van der Waals surface area contributed by atoms with E-state index in [0.29, 0.717) is 0 Å². The largest absolute Gasteiger partial charge is 0.277 e. The lowest BCUT2D eigenvalue weighted by Crippen LogP contribution is -2.62. The fraction of sp³-hybridized carbons (Fsp3) is 0.526. The Morgan fingerprint density at radius 1 is 1.19 bits per heavy atom. The number of hydrogen-bond donors (Lipinski definition) is 1. The molecule has 114 valence electrons. The van der Waals surface area contributed by atoms with Gasteiger partial charge < -0.3 is 0 Å². The van der Waals surface area contributed by atoms with Crippen LogP contribution in [-0.2, 0) is 5.41 Å². The normalized spacial score (nSPS) is 28.2. The van der Waals surface area contributed by atoms with Gasteiger partial charge in [-0.3, -0.25) is 9.89 Å². The van der Waals surface area contributed by atoms with E-state index in [1.807, 2.05) is 7.05 Å². The molecule has 1 aromatic carbocycles. The monoisotopic (exact) mass is 285 g/mol. The summed E-state index contributed by atoms with van der Waals surface area (Å²) in [6.45, 7) is 14.4. The summed E-state index contributed by atoms with van der Waals surface area (Å²) in [6.07, 6.45) is 4.32. The topological polar surface area (TPSA) is 15.0 Å². The van der Waals surface area contributed by atoms with Gasteiger partial charge in [-0.2, -0.15) is 0 Å². The van der Waals surface area contributed by atoms with E-state index in [1.165, 1.54) is 17.0 Å². The second-order valence-corrected chi connectivity index (χ2v) is 6.06. The van der Waals surface area contributed by atoms with Crippen molar-refractivity contribution in [1.82, 2.24) is 5.32 Å². The Morgan fingerprint density at radius 2 is 1.86 bits per heavy atom. The van der Waals surface area contributed by atoms with Crippen LogP contribution >= 0.6 is 0 Å². The number of hydrogen-bond acceptors (Lipinski definition) is 1. The fourth-order valence-corrected chi connectivity index (χ4v) is 4.31. The van der Waals surface area contributed by atoms with Crippen LogP contribution in [-0.4, -0.2) is 29.5 Å². The number of benzene rings is 1. The van der Waals surface area contributed by atoms with Gasteiger partial charge in [0.15, 0.2) is 0 Å². The minimum atomic E-state index is -0.0524. The SMILES string of the molecule is C=CC1(CC)[N+](CC)=C(NC)c2ccccc2C1(C)CC. The van der Waals surface area contributed by atoms with Gasteiger partial charge in [0.05, 0.1) is 19.2 Å². The van der Waals surface area contributed by atoms with Crippen LogP contribution in [0.5, 0.6) is 0 Å². The number of rotatable bonds is 4. The first kappa shape index (κ1) is 15.8. The number of likely N-dealkylation sites (N-methyl/N-ethyl adjacent to an activating group) is 1. The molecule has 0 radical (unpaired) electrons. The fourth-order valence-electron chi connectivity index (χ4n) is 4.31. The molecule has 2 atom stereocenters. The average Bonchev–Trinajstić information content (AvgIpc) is 2.54.